The second kappa shape index (κ2) is 3.26. The fourth-order valence-corrected chi connectivity index (χ4v) is 0.965. The zero-order valence-corrected chi connectivity index (χ0v) is 8.18. The fraction of sp³-hybridized carbons (Fsp3) is 0.625. The smallest absolute Gasteiger partial charge is 0.169 e. The Morgan fingerprint density at radius 1 is 1.62 bits per heavy atom. The first-order chi connectivity index (χ1) is 5.94. The summed E-state index contributed by atoms with van der Waals surface area (Å²) in [6.45, 7) is 5.60. The highest BCUT2D eigenvalue weighted by molar-refractivity contribution is 5.58. The maximum atomic E-state index is 9.01. The molecule has 74 valence electrons. The number of nitrogens with one attached hydrogen (secondary N) is 2. The van der Waals surface area contributed by atoms with Crippen LogP contribution in [0.3, 0.4) is 0 Å². The summed E-state index contributed by atoms with van der Waals surface area (Å²) in [6.07, 6.45) is 0. The summed E-state index contributed by atoms with van der Waals surface area (Å²) in [5, 5.41) is 12.1. The molecule has 5 heteroatoms. The minimum Gasteiger partial charge on any atom is -0.394 e. The van der Waals surface area contributed by atoms with E-state index in [0.29, 0.717) is 11.6 Å². The number of aliphatic hydroxyl groups excluding tert-OH is 1. The minimum absolute atomic E-state index is 0.0261. The summed E-state index contributed by atoms with van der Waals surface area (Å²) in [7, 11) is 0. The van der Waals surface area contributed by atoms with Crippen molar-refractivity contribution in [2.45, 2.75) is 26.3 Å². The van der Waals surface area contributed by atoms with E-state index in [1.54, 1.807) is 0 Å². The number of imidazole rings is 1. The van der Waals surface area contributed by atoms with Gasteiger partial charge in [-0.25, -0.2) is 4.98 Å². The van der Waals surface area contributed by atoms with Crippen LogP contribution in [0, 0.1) is 6.92 Å². The molecule has 1 aromatic rings. The molecule has 0 atom stereocenters. The largest absolute Gasteiger partial charge is 0.394 e. The zero-order chi connectivity index (χ0) is 10.1. The molecule has 13 heavy (non-hydrogen) atoms. The number of hydrogen-bond donors (Lipinski definition) is 4. The molecule has 0 spiro atoms. The third kappa shape index (κ3) is 2.35. The Labute approximate surface area is 77.4 Å². The van der Waals surface area contributed by atoms with Crippen molar-refractivity contribution in [3.05, 3.63) is 5.82 Å². The van der Waals surface area contributed by atoms with Crippen LogP contribution in [0.2, 0.25) is 0 Å². The number of nitrogens with two attached hydrogens (primary N) is 1. The first-order valence-electron chi connectivity index (χ1n) is 4.16. The van der Waals surface area contributed by atoms with E-state index in [4.69, 9.17) is 10.8 Å². The predicted octanol–water partition coefficient (Wildman–Crippen LogP) is 0.483. The quantitative estimate of drug-likeness (QED) is 0.550. The highest BCUT2D eigenvalue weighted by Crippen LogP contribution is 2.18. The first-order valence-corrected chi connectivity index (χ1v) is 4.16. The number of aromatic amines is 1. The van der Waals surface area contributed by atoms with Gasteiger partial charge in [-0.2, -0.15) is 0 Å². The van der Waals surface area contributed by atoms with Crippen LogP contribution >= 0.6 is 0 Å². The lowest BCUT2D eigenvalue weighted by atomic mass is 10.1. The van der Waals surface area contributed by atoms with Crippen molar-refractivity contribution in [2.75, 3.05) is 17.7 Å². The summed E-state index contributed by atoms with van der Waals surface area (Å²) in [4.78, 5) is 7.02. The van der Waals surface area contributed by atoms with Crippen LogP contribution in [-0.4, -0.2) is 27.2 Å². The van der Waals surface area contributed by atoms with E-state index in [1.807, 2.05) is 20.8 Å². The maximum Gasteiger partial charge on any atom is 0.169 e. The van der Waals surface area contributed by atoms with Gasteiger partial charge in [0.15, 0.2) is 5.82 Å². The van der Waals surface area contributed by atoms with Crippen LogP contribution in [-0.2, 0) is 0 Å². The standard InChI is InChI=1S/C8H16N4O/c1-5-10-6(9)7(11-5)12-8(2,3)4-13/h12-13H,4,9H2,1-3H3,(H,10,11). The van der Waals surface area contributed by atoms with Gasteiger partial charge in [0.05, 0.1) is 12.1 Å². The van der Waals surface area contributed by atoms with Gasteiger partial charge in [-0.15, -0.1) is 0 Å². The van der Waals surface area contributed by atoms with Crippen molar-refractivity contribution in [3.63, 3.8) is 0 Å². The Hall–Kier alpha value is -1.23. The number of aromatic nitrogens is 2. The van der Waals surface area contributed by atoms with Gasteiger partial charge < -0.3 is 21.1 Å². The summed E-state index contributed by atoms with van der Waals surface area (Å²) in [5.41, 5.74) is 5.23. The van der Waals surface area contributed by atoms with Crippen LogP contribution < -0.4 is 11.1 Å². The third-order valence-corrected chi connectivity index (χ3v) is 1.70. The molecule has 1 aromatic heterocycles. The van der Waals surface area contributed by atoms with Crippen LogP contribution in [0.15, 0.2) is 0 Å². The molecule has 5 N–H and O–H groups in total. The second-order valence-electron chi connectivity index (χ2n) is 3.75. The van der Waals surface area contributed by atoms with E-state index in [2.05, 4.69) is 15.3 Å². The van der Waals surface area contributed by atoms with Crippen molar-refractivity contribution in [2.24, 2.45) is 0 Å². The van der Waals surface area contributed by atoms with Crippen molar-refractivity contribution < 1.29 is 5.11 Å². The Balaban J connectivity index is 2.79. The van der Waals surface area contributed by atoms with Crippen LogP contribution in [0.25, 0.3) is 0 Å². The van der Waals surface area contributed by atoms with Crippen molar-refractivity contribution in [1.29, 1.82) is 0 Å². The van der Waals surface area contributed by atoms with E-state index < -0.39 is 5.54 Å². The van der Waals surface area contributed by atoms with Gasteiger partial charge in [0.1, 0.15) is 11.6 Å². The zero-order valence-electron chi connectivity index (χ0n) is 8.18. The third-order valence-electron chi connectivity index (χ3n) is 1.70. The van der Waals surface area contributed by atoms with E-state index in [9.17, 15) is 0 Å². The second-order valence-corrected chi connectivity index (χ2v) is 3.75. The van der Waals surface area contributed by atoms with Crippen LogP contribution in [0.4, 0.5) is 11.6 Å². The maximum absolute atomic E-state index is 9.01. The topological polar surface area (TPSA) is 87.0 Å². The highest BCUT2D eigenvalue weighted by atomic mass is 16.3. The van der Waals surface area contributed by atoms with E-state index in [1.165, 1.54) is 0 Å². The Kier molecular flexibility index (Phi) is 2.47. The van der Waals surface area contributed by atoms with Crippen molar-refractivity contribution in [1.82, 2.24) is 9.97 Å². The first kappa shape index (κ1) is 9.85. The number of aliphatic hydroxyl groups is 1. The average molecular weight is 184 g/mol. The van der Waals surface area contributed by atoms with Gasteiger partial charge in [0, 0.05) is 0 Å². The van der Waals surface area contributed by atoms with Crippen LogP contribution in [0.5, 0.6) is 0 Å². The molecule has 0 fully saturated rings. The lowest BCUT2D eigenvalue weighted by Gasteiger charge is -2.23. The number of nitrogens with zero attached hydrogens (tertiary/aromatic N) is 1. The molecule has 5 nitrogen and oxygen atoms in total. The monoisotopic (exact) mass is 184 g/mol. The predicted molar refractivity (Wildman–Crippen MR) is 52.5 cm³/mol. The van der Waals surface area contributed by atoms with Crippen molar-refractivity contribution >= 4 is 11.6 Å². The van der Waals surface area contributed by atoms with Crippen molar-refractivity contribution in [3.8, 4) is 0 Å². The molecule has 1 heterocycles. The summed E-state index contributed by atoms with van der Waals surface area (Å²) in [5.74, 6) is 1.85. The summed E-state index contributed by atoms with van der Waals surface area (Å²) >= 11 is 0. The normalized spacial score (nSPS) is 11.7. The average Bonchev–Trinajstić information content (AvgIpc) is 2.30. The number of nitrogen functional groups attached to an aromatic ring is 1. The highest BCUT2D eigenvalue weighted by Gasteiger charge is 2.18. The number of rotatable bonds is 3. The number of hydrogen-bond acceptors (Lipinski definition) is 4. The SMILES string of the molecule is Cc1nc(NC(C)(C)CO)c(N)[nH]1. The molecular weight excluding hydrogens is 168 g/mol. The Bertz CT molecular complexity index is 292. The fourth-order valence-electron chi connectivity index (χ4n) is 0.965. The summed E-state index contributed by atoms with van der Waals surface area (Å²) in [6, 6.07) is 0. The molecule has 0 aliphatic carbocycles. The van der Waals surface area contributed by atoms with Crippen LogP contribution in [0.1, 0.15) is 19.7 Å². The molecule has 0 aromatic carbocycles. The lowest BCUT2D eigenvalue weighted by molar-refractivity contribution is 0.234. The molecule has 0 saturated carbocycles. The summed E-state index contributed by atoms with van der Waals surface area (Å²) < 4.78 is 0. The molecule has 0 radical (unpaired) electrons. The van der Waals surface area contributed by atoms with Gasteiger partial charge >= 0.3 is 0 Å². The Morgan fingerprint density at radius 3 is 2.62 bits per heavy atom. The van der Waals surface area contributed by atoms with E-state index in [-0.39, 0.29) is 6.61 Å². The van der Waals surface area contributed by atoms with Gasteiger partial charge in [0.25, 0.3) is 0 Å². The van der Waals surface area contributed by atoms with Gasteiger partial charge in [0.2, 0.25) is 0 Å². The number of anilines is 2. The van der Waals surface area contributed by atoms with Gasteiger partial charge in [-0.05, 0) is 20.8 Å². The number of aryl methyl sites for hydroxylation is 1. The van der Waals surface area contributed by atoms with Gasteiger partial charge in [-0.3, -0.25) is 0 Å². The Morgan fingerprint density at radius 2 is 2.23 bits per heavy atom. The molecule has 1 rings (SSSR count). The molecule has 0 saturated heterocycles. The van der Waals surface area contributed by atoms with Gasteiger partial charge in [-0.1, -0.05) is 0 Å². The minimum atomic E-state index is -0.407. The molecule has 0 bridgehead atoms. The molecular formula is C8H16N4O. The molecule has 0 amide bonds. The van der Waals surface area contributed by atoms with E-state index >= 15 is 0 Å². The lowest BCUT2D eigenvalue weighted by Crippen LogP contribution is -2.35. The molecule has 0 aliphatic rings. The molecule has 0 aliphatic heterocycles. The number of H-pyrrole nitrogens is 1. The molecule has 0 unspecified atom stereocenters. The van der Waals surface area contributed by atoms with E-state index in [0.717, 1.165) is 5.82 Å².